The Hall–Kier alpha value is -1.39. The van der Waals surface area contributed by atoms with Gasteiger partial charge in [0.05, 0.1) is 4.47 Å². The van der Waals surface area contributed by atoms with Crippen molar-refractivity contribution in [2.75, 3.05) is 11.9 Å². The van der Waals surface area contributed by atoms with Gasteiger partial charge >= 0.3 is 0 Å². The molecular formula is C14H16BrN3. The van der Waals surface area contributed by atoms with Crippen LogP contribution < -0.4 is 10.6 Å². The van der Waals surface area contributed by atoms with Crippen LogP contribution in [0, 0.1) is 6.92 Å². The predicted octanol–water partition coefficient (Wildman–Crippen LogP) is 3.38. The molecule has 0 fully saturated rings. The van der Waals surface area contributed by atoms with Crippen molar-refractivity contribution in [3.8, 4) is 0 Å². The minimum absolute atomic E-state index is 0.546. The number of halogens is 1. The molecule has 0 amide bonds. The Bertz CT molecular complexity index is 554. The maximum absolute atomic E-state index is 5.66. The summed E-state index contributed by atoms with van der Waals surface area (Å²) in [6, 6.07) is 10.2. The summed E-state index contributed by atoms with van der Waals surface area (Å²) >= 11 is 3.55. The number of benzene rings is 1. The second-order valence-electron chi connectivity index (χ2n) is 4.25. The van der Waals surface area contributed by atoms with E-state index in [1.54, 1.807) is 0 Å². The van der Waals surface area contributed by atoms with Crippen molar-refractivity contribution >= 4 is 27.4 Å². The standard InChI is InChI=1S/C14H16BrN3/c1-10-6-13(15)14(17-9-10)18(2)12-5-3-4-11(7-12)8-16/h3-7,9H,8,16H2,1-2H3. The number of nitrogens with zero attached hydrogens (tertiary/aromatic N) is 2. The minimum Gasteiger partial charge on any atom is -0.329 e. The van der Waals surface area contributed by atoms with Gasteiger partial charge in [-0.05, 0) is 52.2 Å². The normalized spacial score (nSPS) is 10.4. The van der Waals surface area contributed by atoms with Crippen molar-refractivity contribution in [1.82, 2.24) is 4.98 Å². The minimum atomic E-state index is 0.546. The fraction of sp³-hybridized carbons (Fsp3) is 0.214. The predicted molar refractivity (Wildman–Crippen MR) is 79.1 cm³/mol. The third kappa shape index (κ3) is 2.71. The van der Waals surface area contributed by atoms with Gasteiger partial charge in [0.2, 0.25) is 0 Å². The molecule has 94 valence electrons. The van der Waals surface area contributed by atoms with E-state index >= 15 is 0 Å². The molecule has 0 bridgehead atoms. The first-order chi connectivity index (χ1) is 8.61. The number of rotatable bonds is 3. The van der Waals surface area contributed by atoms with E-state index in [0.717, 1.165) is 27.1 Å². The van der Waals surface area contributed by atoms with Crippen LogP contribution in [0.5, 0.6) is 0 Å². The van der Waals surface area contributed by atoms with Crippen LogP contribution in [-0.2, 0) is 6.54 Å². The Morgan fingerprint density at radius 1 is 1.33 bits per heavy atom. The van der Waals surface area contributed by atoms with Crippen LogP contribution in [0.1, 0.15) is 11.1 Å². The summed E-state index contributed by atoms with van der Waals surface area (Å²) in [5.41, 5.74) is 8.99. The van der Waals surface area contributed by atoms with E-state index in [1.165, 1.54) is 0 Å². The highest BCUT2D eigenvalue weighted by Crippen LogP contribution is 2.29. The van der Waals surface area contributed by atoms with E-state index in [1.807, 2.05) is 43.3 Å². The number of anilines is 2. The second kappa shape index (κ2) is 5.50. The summed E-state index contributed by atoms with van der Waals surface area (Å²) in [6.07, 6.45) is 1.86. The zero-order valence-corrected chi connectivity index (χ0v) is 12.1. The van der Waals surface area contributed by atoms with Crippen molar-refractivity contribution < 1.29 is 0 Å². The van der Waals surface area contributed by atoms with Crippen LogP contribution in [0.15, 0.2) is 41.0 Å². The van der Waals surface area contributed by atoms with Crippen LogP contribution in [0.25, 0.3) is 0 Å². The molecule has 3 nitrogen and oxygen atoms in total. The molecule has 2 rings (SSSR count). The molecule has 0 saturated heterocycles. The number of aromatic nitrogens is 1. The maximum atomic E-state index is 5.66. The number of hydrogen-bond acceptors (Lipinski definition) is 3. The van der Waals surface area contributed by atoms with Gasteiger partial charge in [-0.15, -0.1) is 0 Å². The maximum Gasteiger partial charge on any atom is 0.147 e. The molecule has 0 saturated carbocycles. The Morgan fingerprint density at radius 2 is 2.11 bits per heavy atom. The molecule has 0 radical (unpaired) electrons. The third-order valence-electron chi connectivity index (χ3n) is 2.81. The van der Waals surface area contributed by atoms with E-state index in [9.17, 15) is 0 Å². The third-order valence-corrected chi connectivity index (χ3v) is 3.39. The summed E-state index contributed by atoms with van der Waals surface area (Å²) in [7, 11) is 2.00. The fourth-order valence-electron chi connectivity index (χ4n) is 1.79. The lowest BCUT2D eigenvalue weighted by molar-refractivity contribution is 1.05. The molecule has 0 aliphatic rings. The van der Waals surface area contributed by atoms with Gasteiger partial charge in [-0.25, -0.2) is 4.98 Å². The highest BCUT2D eigenvalue weighted by atomic mass is 79.9. The average molecular weight is 306 g/mol. The molecule has 18 heavy (non-hydrogen) atoms. The Kier molecular flexibility index (Phi) is 3.99. The van der Waals surface area contributed by atoms with Gasteiger partial charge in [-0.2, -0.15) is 0 Å². The van der Waals surface area contributed by atoms with E-state index in [0.29, 0.717) is 6.54 Å². The van der Waals surface area contributed by atoms with E-state index in [2.05, 4.69) is 33.0 Å². The van der Waals surface area contributed by atoms with Crippen LogP contribution in [0.2, 0.25) is 0 Å². The van der Waals surface area contributed by atoms with Gasteiger partial charge < -0.3 is 10.6 Å². The SMILES string of the molecule is Cc1cnc(N(C)c2cccc(CN)c2)c(Br)c1. The van der Waals surface area contributed by atoms with Gasteiger partial charge in [-0.3, -0.25) is 0 Å². The summed E-state index contributed by atoms with van der Waals surface area (Å²) in [5.74, 6) is 0.898. The lowest BCUT2D eigenvalue weighted by atomic mass is 10.2. The quantitative estimate of drug-likeness (QED) is 0.945. The van der Waals surface area contributed by atoms with Crippen molar-refractivity contribution in [3.63, 3.8) is 0 Å². The van der Waals surface area contributed by atoms with Crippen LogP contribution in [-0.4, -0.2) is 12.0 Å². The number of aryl methyl sites for hydroxylation is 1. The Morgan fingerprint density at radius 3 is 2.78 bits per heavy atom. The smallest absolute Gasteiger partial charge is 0.147 e. The first-order valence-corrected chi connectivity index (χ1v) is 6.56. The van der Waals surface area contributed by atoms with Crippen molar-refractivity contribution in [2.45, 2.75) is 13.5 Å². The summed E-state index contributed by atoms with van der Waals surface area (Å²) < 4.78 is 0.989. The van der Waals surface area contributed by atoms with E-state index in [-0.39, 0.29) is 0 Å². The highest BCUT2D eigenvalue weighted by Gasteiger charge is 2.09. The van der Waals surface area contributed by atoms with E-state index < -0.39 is 0 Å². The van der Waals surface area contributed by atoms with Gasteiger partial charge in [0, 0.05) is 25.5 Å². The molecular weight excluding hydrogens is 290 g/mol. The van der Waals surface area contributed by atoms with Crippen LogP contribution >= 0.6 is 15.9 Å². The molecule has 1 aromatic carbocycles. The Labute approximate surface area is 116 Å². The molecule has 4 heteroatoms. The number of nitrogens with two attached hydrogens (primary N) is 1. The molecule has 0 unspecified atom stereocenters. The largest absolute Gasteiger partial charge is 0.329 e. The molecule has 2 aromatic rings. The zero-order valence-electron chi connectivity index (χ0n) is 10.5. The molecule has 0 atom stereocenters. The summed E-state index contributed by atoms with van der Waals surface area (Å²) in [4.78, 5) is 6.50. The van der Waals surface area contributed by atoms with Crippen molar-refractivity contribution in [1.29, 1.82) is 0 Å². The monoisotopic (exact) mass is 305 g/mol. The fourth-order valence-corrected chi connectivity index (χ4v) is 2.52. The number of hydrogen-bond donors (Lipinski definition) is 1. The van der Waals surface area contributed by atoms with Crippen molar-refractivity contribution in [3.05, 3.63) is 52.1 Å². The molecule has 1 aromatic heterocycles. The van der Waals surface area contributed by atoms with Gasteiger partial charge in [0.25, 0.3) is 0 Å². The van der Waals surface area contributed by atoms with E-state index in [4.69, 9.17) is 5.73 Å². The van der Waals surface area contributed by atoms with Gasteiger partial charge in [0.15, 0.2) is 0 Å². The summed E-state index contributed by atoms with van der Waals surface area (Å²) in [5, 5.41) is 0. The van der Waals surface area contributed by atoms with Crippen molar-refractivity contribution in [2.24, 2.45) is 5.73 Å². The second-order valence-corrected chi connectivity index (χ2v) is 5.11. The first kappa shape index (κ1) is 13.1. The lowest BCUT2D eigenvalue weighted by Crippen LogP contribution is -2.12. The van der Waals surface area contributed by atoms with Gasteiger partial charge in [0.1, 0.15) is 5.82 Å². The van der Waals surface area contributed by atoms with Crippen LogP contribution in [0.3, 0.4) is 0 Å². The first-order valence-electron chi connectivity index (χ1n) is 5.76. The lowest BCUT2D eigenvalue weighted by Gasteiger charge is -2.20. The molecule has 0 aliphatic heterocycles. The van der Waals surface area contributed by atoms with Crippen LogP contribution in [0.4, 0.5) is 11.5 Å². The molecule has 1 heterocycles. The average Bonchev–Trinajstić information content (AvgIpc) is 2.38. The zero-order chi connectivity index (χ0) is 13.1. The molecule has 0 spiro atoms. The topological polar surface area (TPSA) is 42.2 Å². The van der Waals surface area contributed by atoms with Gasteiger partial charge in [-0.1, -0.05) is 12.1 Å². The molecule has 0 aliphatic carbocycles. The number of pyridine rings is 1. The highest BCUT2D eigenvalue weighted by molar-refractivity contribution is 9.10. The summed E-state index contributed by atoms with van der Waals surface area (Å²) in [6.45, 7) is 2.57. The molecule has 2 N–H and O–H groups in total. The Balaban J connectivity index is 2.37.